The lowest BCUT2D eigenvalue weighted by atomic mass is 10.1. The Hall–Kier alpha value is -3.15. The number of aryl methyl sites for hydroxylation is 3. The minimum atomic E-state index is -0.0118. The van der Waals surface area contributed by atoms with Gasteiger partial charge in [-0.05, 0) is 55.7 Å². The number of para-hydroxylation sites is 1. The third-order valence-corrected chi connectivity index (χ3v) is 4.36. The molecule has 1 N–H and O–H groups in total. The van der Waals surface area contributed by atoms with Crippen LogP contribution in [0.5, 0.6) is 5.75 Å². The normalized spacial score (nSPS) is 10.6. The maximum absolute atomic E-state index is 12.2. The predicted molar refractivity (Wildman–Crippen MR) is 104 cm³/mol. The maximum Gasteiger partial charge on any atom is 0.226 e. The van der Waals surface area contributed by atoms with Gasteiger partial charge in [0, 0.05) is 24.1 Å². The van der Waals surface area contributed by atoms with Crippen LogP contribution in [0.25, 0.3) is 11.4 Å². The molecule has 0 atom stereocenters. The Morgan fingerprint density at radius 2 is 1.81 bits per heavy atom. The SMILES string of the molecule is COc1ccc(-c2noc(CCCC(=O)Nc3c(C)cccc3C)n2)cc1. The van der Waals surface area contributed by atoms with Crippen LogP contribution >= 0.6 is 0 Å². The molecule has 0 radical (unpaired) electrons. The summed E-state index contributed by atoms with van der Waals surface area (Å²) in [6, 6.07) is 13.4. The van der Waals surface area contributed by atoms with Crippen LogP contribution in [0.3, 0.4) is 0 Å². The number of aromatic nitrogens is 2. The molecule has 1 heterocycles. The van der Waals surface area contributed by atoms with E-state index in [0.717, 1.165) is 28.1 Å². The molecule has 140 valence electrons. The molecule has 0 aliphatic carbocycles. The van der Waals surface area contributed by atoms with Gasteiger partial charge < -0.3 is 14.6 Å². The first-order chi connectivity index (χ1) is 13.1. The van der Waals surface area contributed by atoms with Gasteiger partial charge in [0.25, 0.3) is 0 Å². The first kappa shape index (κ1) is 18.6. The van der Waals surface area contributed by atoms with Crippen LogP contribution in [0.1, 0.15) is 29.9 Å². The quantitative estimate of drug-likeness (QED) is 0.674. The first-order valence-corrected chi connectivity index (χ1v) is 8.90. The lowest BCUT2D eigenvalue weighted by Gasteiger charge is -2.11. The fraction of sp³-hybridized carbons (Fsp3) is 0.286. The van der Waals surface area contributed by atoms with Crippen LogP contribution in [0.15, 0.2) is 47.0 Å². The fourth-order valence-electron chi connectivity index (χ4n) is 2.83. The standard InChI is InChI=1S/C21H23N3O3/c1-14-6-4-7-15(2)20(14)22-18(25)8-5-9-19-23-21(24-27-19)16-10-12-17(26-3)13-11-16/h4,6-7,10-13H,5,8-9H2,1-3H3,(H,22,25). The molecule has 0 unspecified atom stereocenters. The average Bonchev–Trinajstić information content (AvgIpc) is 3.14. The molecule has 0 fully saturated rings. The summed E-state index contributed by atoms with van der Waals surface area (Å²) in [6.07, 6.45) is 1.60. The molecule has 0 saturated carbocycles. The van der Waals surface area contributed by atoms with Crippen LogP contribution in [0.4, 0.5) is 5.69 Å². The van der Waals surface area contributed by atoms with E-state index in [9.17, 15) is 4.79 Å². The third-order valence-electron chi connectivity index (χ3n) is 4.36. The summed E-state index contributed by atoms with van der Waals surface area (Å²) >= 11 is 0. The molecule has 2 aromatic carbocycles. The number of ether oxygens (including phenoxy) is 1. The molecule has 6 heteroatoms. The molecule has 1 amide bonds. The summed E-state index contributed by atoms with van der Waals surface area (Å²) in [6.45, 7) is 3.98. The largest absolute Gasteiger partial charge is 0.497 e. The summed E-state index contributed by atoms with van der Waals surface area (Å²) in [5.41, 5.74) is 3.87. The summed E-state index contributed by atoms with van der Waals surface area (Å²) in [5, 5.41) is 6.99. The maximum atomic E-state index is 12.2. The van der Waals surface area contributed by atoms with E-state index in [1.54, 1.807) is 7.11 Å². The number of hydrogen-bond acceptors (Lipinski definition) is 5. The number of nitrogens with one attached hydrogen (secondary N) is 1. The van der Waals surface area contributed by atoms with Gasteiger partial charge in [-0.2, -0.15) is 4.98 Å². The van der Waals surface area contributed by atoms with Gasteiger partial charge in [-0.1, -0.05) is 23.4 Å². The van der Waals surface area contributed by atoms with E-state index in [1.165, 1.54) is 0 Å². The van der Waals surface area contributed by atoms with Crippen LogP contribution in [-0.2, 0) is 11.2 Å². The van der Waals surface area contributed by atoms with Gasteiger partial charge in [-0.3, -0.25) is 4.79 Å². The van der Waals surface area contributed by atoms with Crippen molar-refractivity contribution in [1.29, 1.82) is 0 Å². The van der Waals surface area contributed by atoms with Gasteiger partial charge >= 0.3 is 0 Å². The highest BCUT2D eigenvalue weighted by molar-refractivity contribution is 5.92. The van der Waals surface area contributed by atoms with Gasteiger partial charge in [0.1, 0.15) is 5.75 Å². The zero-order valence-electron chi connectivity index (χ0n) is 15.8. The highest BCUT2D eigenvalue weighted by Crippen LogP contribution is 2.21. The van der Waals surface area contributed by atoms with Crippen LogP contribution in [0.2, 0.25) is 0 Å². The van der Waals surface area contributed by atoms with Crippen LogP contribution < -0.4 is 10.1 Å². The molecule has 0 saturated heterocycles. The van der Waals surface area contributed by atoms with Gasteiger partial charge in [-0.25, -0.2) is 0 Å². The molecule has 0 aliphatic rings. The number of methoxy groups -OCH3 is 1. The lowest BCUT2D eigenvalue weighted by molar-refractivity contribution is -0.116. The highest BCUT2D eigenvalue weighted by atomic mass is 16.5. The lowest BCUT2D eigenvalue weighted by Crippen LogP contribution is -2.13. The summed E-state index contributed by atoms with van der Waals surface area (Å²) in [5.74, 6) is 1.83. The molecule has 3 aromatic rings. The van der Waals surface area contributed by atoms with Crippen molar-refractivity contribution in [2.45, 2.75) is 33.1 Å². The molecule has 3 rings (SSSR count). The Bertz CT molecular complexity index is 896. The van der Waals surface area contributed by atoms with E-state index in [-0.39, 0.29) is 5.91 Å². The van der Waals surface area contributed by atoms with Crippen molar-refractivity contribution in [1.82, 2.24) is 10.1 Å². The Balaban J connectivity index is 1.52. The fourth-order valence-corrected chi connectivity index (χ4v) is 2.83. The van der Waals surface area contributed by atoms with Crippen LogP contribution in [0, 0.1) is 13.8 Å². The van der Waals surface area contributed by atoms with Crippen molar-refractivity contribution in [2.75, 3.05) is 12.4 Å². The number of anilines is 1. The molecule has 1 aromatic heterocycles. The Labute approximate surface area is 158 Å². The summed E-state index contributed by atoms with van der Waals surface area (Å²) < 4.78 is 10.4. The number of amides is 1. The van der Waals surface area contributed by atoms with E-state index in [1.807, 2.05) is 56.3 Å². The molecular formula is C21H23N3O3. The topological polar surface area (TPSA) is 77.2 Å². The van der Waals surface area contributed by atoms with E-state index in [2.05, 4.69) is 15.5 Å². The number of nitrogens with zero attached hydrogens (tertiary/aromatic N) is 2. The van der Waals surface area contributed by atoms with Crippen molar-refractivity contribution in [3.05, 3.63) is 59.5 Å². The zero-order valence-corrected chi connectivity index (χ0v) is 15.8. The van der Waals surface area contributed by atoms with E-state index >= 15 is 0 Å². The van der Waals surface area contributed by atoms with Gasteiger partial charge in [0.05, 0.1) is 7.11 Å². The van der Waals surface area contributed by atoms with Crippen molar-refractivity contribution in [3.8, 4) is 17.1 Å². The smallest absolute Gasteiger partial charge is 0.226 e. The summed E-state index contributed by atoms with van der Waals surface area (Å²) in [4.78, 5) is 16.6. The number of benzene rings is 2. The minimum Gasteiger partial charge on any atom is -0.497 e. The highest BCUT2D eigenvalue weighted by Gasteiger charge is 2.11. The Morgan fingerprint density at radius 3 is 2.48 bits per heavy atom. The molecule has 0 spiro atoms. The monoisotopic (exact) mass is 365 g/mol. The molecule has 0 bridgehead atoms. The average molecular weight is 365 g/mol. The van der Waals surface area contributed by atoms with E-state index < -0.39 is 0 Å². The second-order valence-electron chi connectivity index (χ2n) is 6.41. The van der Waals surface area contributed by atoms with Crippen molar-refractivity contribution < 1.29 is 14.1 Å². The Kier molecular flexibility index (Phi) is 5.86. The van der Waals surface area contributed by atoms with Gasteiger partial charge in [0.2, 0.25) is 17.6 Å². The van der Waals surface area contributed by atoms with Crippen molar-refractivity contribution >= 4 is 11.6 Å². The first-order valence-electron chi connectivity index (χ1n) is 8.90. The molecule has 27 heavy (non-hydrogen) atoms. The van der Waals surface area contributed by atoms with E-state index in [4.69, 9.17) is 9.26 Å². The molecule has 0 aliphatic heterocycles. The van der Waals surface area contributed by atoms with Gasteiger partial charge in [0.15, 0.2) is 0 Å². The summed E-state index contributed by atoms with van der Waals surface area (Å²) in [7, 11) is 1.62. The molecule has 6 nitrogen and oxygen atoms in total. The Morgan fingerprint density at radius 1 is 1.11 bits per heavy atom. The van der Waals surface area contributed by atoms with Crippen LogP contribution in [-0.4, -0.2) is 23.2 Å². The van der Waals surface area contributed by atoms with Crippen molar-refractivity contribution in [3.63, 3.8) is 0 Å². The number of carbonyl (C=O) groups is 1. The minimum absolute atomic E-state index is 0.0118. The predicted octanol–water partition coefficient (Wildman–Crippen LogP) is 4.32. The van der Waals surface area contributed by atoms with Crippen molar-refractivity contribution in [2.24, 2.45) is 0 Å². The van der Waals surface area contributed by atoms with E-state index in [0.29, 0.717) is 31.0 Å². The number of carbonyl (C=O) groups excluding carboxylic acids is 1. The van der Waals surface area contributed by atoms with Gasteiger partial charge in [-0.15, -0.1) is 0 Å². The number of hydrogen-bond donors (Lipinski definition) is 1. The second-order valence-corrected chi connectivity index (χ2v) is 6.41. The second kappa shape index (κ2) is 8.49. The number of rotatable bonds is 7. The zero-order chi connectivity index (χ0) is 19.2. The molecular weight excluding hydrogens is 342 g/mol. The third kappa shape index (κ3) is 4.73.